The van der Waals surface area contributed by atoms with Crippen LogP contribution in [0.3, 0.4) is 0 Å². The Morgan fingerprint density at radius 1 is 1.00 bits per heavy atom. The van der Waals surface area contributed by atoms with E-state index in [0.29, 0.717) is 18.4 Å². The molecule has 0 aliphatic heterocycles. The first-order chi connectivity index (χ1) is 9.23. The Labute approximate surface area is 123 Å². The van der Waals surface area contributed by atoms with E-state index in [9.17, 15) is 9.59 Å². The molecule has 0 aliphatic carbocycles. The minimum atomic E-state index is -0.00476. The summed E-state index contributed by atoms with van der Waals surface area (Å²) in [7, 11) is 3.48. The van der Waals surface area contributed by atoms with Crippen molar-refractivity contribution in [1.82, 2.24) is 15.1 Å². The highest BCUT2D eigenvalue weighted by atomic mass is 16.2. The standard InChI is InChI=1S/C15H31N3O2/c1-12(2)10-17(5)15(20)11-18(6)14(19)8-7-9-16-13(3)4/h12-13,16H,7-11H2,1-6H3. The molecule has 20 heavy (non-hydrogen) atoms. The molecule has 0 fully saturated rings. The van der Waals surface area contributed by atoms with Gasteiger partial charge in [-0.15, -0.1) is 0 Å². The van der Waals surface area contributed by atoms with Gasteiger partial charge in [-0.2, -0.15) is 0 Å². The Morgan fingerprint density at radius 2 is 1.60 bits per heavy atom. The zero-order valence-corrected chi connectivity index (χ0v) is 13.9. The van der Waals surface area contributed by atoms with Gasteiger partial charge in [-0.25, -0.2) is 0 Å². The third-order valence-electron chi connectivity index (χ3n) is 2.98. The summed E-state index contributed by atoms with van der Waals surface area (Å²) in [6, 6.07) is 0.439. The summed E-state index contributed by atoms with van der Waals surface area (Å²) in [5, 5.41) is 3.27. The van der Waals surface area contributed by atoms with Crippen molar-refractivity contribution in [3.63, 3.8) is 0 Å². The van der Waals surface area contributed by atoms with Crippen molar-refractivity contribution >= 4 is 11.8 Å². The fourth-order valence-electron chi connectivity index (χ4n) is 1.88. The smallest absolute Gasteiger partial charge is 0.241 e. The molecule has 0 atom stereocenters. The van der Waals surface area contributed by atoms with Gasteiger partial charge in [0.2, 0.25) is 11.8 Å². The van der Waals surface area contributed by atoms with E-state index in [1.54, 1.807) is 19.0 Å². The second-order valence-corrected chi connectivity index (χ2v) is 6.13. The molecule has 1 N–H and O–H groups in total. The molecule has 5 nitrogen and oxygen atoms in total. The molecular formula is C15H31N3O2. The normalized spacial score (nSPS) is 11.0. The van der Waals surface area contributed by atoms with Crippen LogP contribution in [0.5, 0.6) is 0 Å². The Hall–Kier alpha value is -1.10. The van der Waals surface area contributed by atoms with Crippen molar-refractivity contribution in [2.45, 2.75) is 46.6 Å². The van der Waals surface area contributed by atoms with Crippen LogP contribution < -0.4 is 5.32 Å². The lowest BCUT2D eigenvalue weighted by Crippen LogP contribution is -2.40. The highest BCUT2D eigenvalue weighted by Gasteiger charge is 2.16. The van der Waals surface area contributed by atoms with E-state index in [0.717, 1.165) is 19.5 Å². The molecule has 0 heterocycles. The number of carbonyl (C=O) groups is 2. The van der Waals surface area contributed by atoms with Crippen molar-refractivity contribution < 1.29 is 9.59 Å². The molecule has 0 spiro atoms. The third-order valence-corrected chi connectivity index (χ3v) is 2.98. The molecule has 5 heteroatoms. The highest BCUT2D eigenvalue weighted by molar-refractivity contribution is 5.84. The fraction of sp³-hybridized carbons (Fsp3) is 0.867. The van der Waals surface area contributed by atoms with Crippen LogP contribution >= 0.6 is 0 Å². The summed E-state index contributed by atoms with van der Waals surface area (Å²) < 4.78 is 0. The van der Waals surface area contributed by atoms with Gasteiger partial charge in [-0.3, -0.25) is 9.59 Å². The van der Waals surface area contributed by atoms with Gasteiger partial charge in [0.05, 0.1) is 6.54 Å². The molecule has 0 bridgehead atoms. The number of rotatable bonds is 9. The molecule has 0 rings (SSSR count). The molecule has 0 unspecified atom stereocenters. The summed E-state index contributed by atoms with van der Waals surface area (Å²) in [6.45, 7) is 10.0. The lowest BCUT2D eigenvalue weighted by Gasteiger charge is -2.23. The summed E-state index contributed by atoms with van der Waals surface area (Å²) in [5.74, 6) is 0.462. The van der Waals surface area contributed by atoms with Crippen molar-refractivity contribution in [2.24, 2.45) is 5.92 Å². The minimum Gasteiger partial charge on any atom is -0.344 e. The van der Waals surface area contributed by atoms with Crippen molar-refractivity contribution in [3.05, 3.63) is 0 Å². The van der Waals surface area contributed by atoms with Crippen LogP contribution in [0.2, 0.25) is 0 Å². The van der Waals surface area contributed by atoms with Crippen LogP contribution in [-0.4, -0.2) is 61.4 Å². The lowest BCUT2D eigenvalue weighted by molar-refractivity contribution is -0.138. The molecule has 0 aromatic carbocycles. The van der Waals surface area contributed by atoms with E-state index in [4.69, 9.17) is 0 Å². The van der Waals surface area contributed by atoms with E-state index in [-0.39, 0.29) is 18.4 Å². The zero-order chi connectivity index (χ0) is 15.7. The summed E-state index contributed by atoms with van der Waals surface area (Å²) in [4.78, 5) is 27.0. The third kappa shape index (κ3) is 8.91. The number of hydrogen-bond acceptors (Lipinski definition) is 3. The molecule has 0 saturated heterocycles. The van der Waals surface area contributed by atoms with Crippen LogP contribution in [0.15, 0.2) is 0 Å². The molecule has 0 aromatic heterocycles. The average molecular weight is 285 g/mol. The molecular weight excluding hydrogens is 254 g/mol. The minimum absolute atomic E-state index is 0.00476. The monoisotopic (exact) mass is 285 g/mol. The van der Waals surface area contributed by atoms with Crippen LogP contribution in [-0.2, 0) is 9.59 Å². The first-order valence-corrected chi connectivity index (χ1v) is 7.45. The Balaban J connectivity index is 3.97. The summed E-state index contributed by atoms with van der Waals surface area (Å²) in [5.41, 5.74) is 0. The maximum absolute atomic E-state index is 11.9. The van der Waals surface area contributed by atoms with Gasteiger partial charge in [-0.05, 0) is 18.9 Å². The molecule has 118 valence electrons. The Bertz CT molecular complexity index is 303. The zero-order valence-electron chi connectivity index (χ0n) is 13.9. The van der Waals surface area contributed by atoms with Gasteiger partial charge in [0.1, 0.15) is 0 Å². The Kier molecular flexibility index (Phi) is 9.21. The molecule has 0 saturated carbocycles. The molecule has 0 aromatic rings. The summed E-state index contributed by atoms with van der Waals surface area (Å²) in [6.07, 6.45) is 1.29. The SMILES string of the molecule is CC(C)CN(C)C(=O)CN(C)C(=O)CCCNC(C)C. The van der Waals surface area contributed by atoms with Crippen LogP contribution in [0.1, 0.15) is 40.5 Å². The second kappa shape index (κ2) is 9.75. The topological polar surface area (TPSA) is 52.7 Å². The second-order valence-electron chi connectivity index (χ2n) is 6.13. The number of likely N-dealkylation sites (N-methyl/N-ethyl adjacent to an activating group) is 2. The van der Waals surface area contributed by atoms with E-state index < -0.39 is 0 Å². The highest BCUT2D eigenvalue weighted by Crippen LogP contribution is 2.00. The van der Waals surface area contributed by atoms with Gasteiger partial charge in [-0.1, -0.05) is 27.7 Å². The molecule has 0 radical (unpaired) electrons. The first-order valence-electron chi connectivity index (χ1n) is 7.45. The van der Waals surface area contributed by atoms with Gasteiger partial charge < -0.3 is 15.1 Å². The van der Waals surface area contributed by atoms with Crippen molar-refractivity contribution in [2.75, 3.05) is 33.7 Å². The number of amides is 2. The quantitative estimate of drug-likeness (QED) is 0.650. The number of carbonyl (C=O) groups excluding carboxylic acids is 2. The lowest BCUT2D eigenvalue weighted by atomic mass is 10.2. The maximum atomic E-state index is 11.9. The van der Waals surface area contributed by atoms with Crippen LogP contribution in [0, 0.1) is 5.92 Å². The predicted octanol–water partition coefficient (Wildman–Crippen LogP) is 1.34. The maximum Gasteiger partial charge on any atom is 0.241 e. The van der Waals surface area contributed by atoms with E-state index >= 15 is 0 Å². The number of nitrogens with one attached hydrogen (secondary N) is 1. The van der Waals surface area contributed by atoms with Crippen LogP contribution in [0.25, 0.3) is 0 Å². The van der Waals surface area contributed by atoms with Gasteiger partial charge in [0.25, 0.3) is 0 Å². The van der Waals surface area contributed by atoms with Crippen LogP contribution in [0.4, 0.5) is 0 Å². The van der Waals surface area contributed by atoms with E-state index in [1.807, 2.05) is 0 Å². The molecule has 2 amide bonds. The Morgan fingerprint density at radius 3 is 2.10 bits per heavy atom. The summed E-state index contributed by atoms with van der Waals surface area (Å²) >= 11 is 0. The van der Waals surface area contributed by atoms with Gasteiger partial charge in [0.15, 0.2) is 0 Å². The van der Waals surface area contributed by atoms with E-state index in [2.05, 4.69) is 33.0 Å². The van der Waals surface area contributed by atoms with Gasteiger partial charge in [0, 0.05) is 33.1 Å². The fourth-order valence-corrected chi connectivity index (χ4v) is 1.88. The predicted molar refractivity (Wildman–Crippen MR) is 82.5 cm³/mol. The van der Waals surface area contributed by atoms with Gasteiger partial charge >= 0.3 is 0 Å². The largest absolute Gasteiger partial charge is 0.344 e. The first kappa shape index (κ1) is 18.9. The number of hydrogen-bond donors (Lipinski definition) is 1. The van der Waals surface area contributed by atoms with Crippen molar-refractivity contribution in [3.8, 4) is 0 Å². The number of nitrogens with zero attached hydrogens (tertiary/aromatic N) is 2. The van der Waals surface area contributed by atoms with E-state index in [1.165, 1.54) is 4.90 Å². The average Bonchev–Trinajstić information content (AvgIpc) is 2.32. The van der Waals surface area contributed by atoms with Crippen molar-refractivity contribution in [1.29, 1.82) is 0 Å². The molecule has 0 aliphatic rings.